The van der Waals surface area contributed by atoms with Gasteiger partial charge in [-0.1, -0.05) is 6.07 Å². The highest BCUT2D eigenvalue weighted by Crippen LogP contribution is 2.16. The summed E-state index contributed by atoms with van der Waals surface area (Å²) in [6.45, 7) is 3.11. The first-order chi connectivity index (χ1) is 6.34. The van der Waals surface area contributed by atoms with E-state index in [0.29, 0.717) is 5.38 Å². The molecule has 2 heterocycles. The quantitative estimate of drug-likeness (QED) is 0.672. The Morgan fingerprint density at radius 2 is 2.54 bits per heavy atom. The van der Waals surface area contributed by atoms with Gasteiger partial charge in [-0.25, -0.2) is 0 Å². The second-order valence-corrected chi connectivity index (χ2v) is 4.10. The van der Waals surface area contributed by atoms with E-state index in [4.69, 9.17) is 11.6 Å². The highest BCUT2D eigenvalue weighted by atomic mass is 35.5. The summed E-state index contributed by atoms with van der Waals surface area (Å²) >= 11 is 6.02. The topological polar surface area (TPSA) is 16.1 Å². The maximum Gasteiger partial charge on any atom is 0.0475 e. The fourth-order valence-corrected chi connectivity index (χ4v) is 1.97. The molecule has 1 unspecified atom stereocenters. The van der Waals surface area contributed by atoms with Gasteiger partial charge >= 0.3 is 0 Å². The summed E-state index contributed by atoms with van der Waals surface area (Å²) < 4.78 is 0. The van der Waals surface area contributed by atoms with Crippen molar-refractivity contribution < 1.29 is 0 Å². The van der Waals surface area contributed by atoms with E-state index in [1.165, 1.54) is 5.56 Å². The van der Waals surface area contributed by atoms with Gasteiger partial charge in [0, 0.05) is 30.9 Å². The molecule has 0 amide bonds. The van der Waals surface area contributed by atoms with Crippen molar-refractivity contribution in [3.05, 3.63) is 30.1 Å². The summed E-state index contributed by atoms with van der Waals surface area (Å²) in [4.78, 5) is 6.46. The summed E-state index contributed by atoms with van der Waals surface area (Å²) in [5.74, 6) is 0. The lowest BCUT2D eigenvalue weighted by molar-refractivity contribution is 0.331. The molecule has 0 aromatic carbocycles. The lowest BCUT2D eigenvalue weighted by atomic mass is 10.3. The molecule has 0 bridgehead atoms. The Hall–Kier alpha value is -0.600. The lowest BCUT2D eigenvalue weighted by Gasteiger charge is -2.13. The van der Waals surface area contributed by atoms with Crippen LogP contribution in [0.25, 0.3) is 0 Å². The van der Waals surface area contributed by atoms with Crippen molar-refractivity contribution in [2.24, 2.45) is 0 Å². The van der Waals surface area contributed by atoms with Crippen molar-refractivity contribution >= 4 is 11.6 Å². The number of hydrogen-bond donors (Lipinski definition) is 0. The van der Waals surface area contributed by atoms with Crippen LogP contribution in [0.5, 0.6) is 0 Å². The zero-order valence-corrected chi connectivity index (χ0v) is 8.24. The predicted molar refractivity (Wildman–Crippen MR) is 53.8 cm³/mol. The monoisotopic (exact) mass is 196 g/mol. The Morgan fingerprint density at radius 1 is 1.62 bits per heavy atom. The molecular formula is C10H13ClN2. The van der Waals surface area contributed by atoms with Gasteiger partial charge in [0.25, 0.3) is 0 Å². The number of hydrogen-bond acceptors (Lipinski definition) is 2. The third kappa shape index (κ3) is 2.42. The molecule has 1 saturated heterocycles. The predicted octanol–water partition coefficient (Wildman–Crippen LogP) is 1.89. The van der Waals surface area contributed by atoms with E-state index in [1.807, 2.05) is 12.3 Å². The molecule has 1 aliphatic heterocycles. The van der Waals surface area contributed by atoms with Crippen LogP contribution in [0.1, 0.15) is 12.0 Å². The molecule has 2 nitrogen and oxygen atoms in total. The maximum atomic E-state index is 6.02. The summed E-state index contributed by atoms with van der Waals surface area (Å²) in [6.07, 6.45) is 4.83. The fraction of sp³-hybridized carbons (Fsp3) is 0.500. The summed E-state index contributed by atoms with van der Waals surface area (Å²) in [5.41, 5.74) is 1.27. The van der Waals surface area contributed by atoms with E-state index in [2.05, 4.69) is 16.0 Å². The number of likely N-dealkylation sites (tertiary alicyclic amines) is 1. The number of aromatic nitrogens is 1. The first kappa shape index (κ1) is 8.97. The summed E-state index contributed by atoms with van der Waals surface area (Å²) in [5, 5.41) is 0.344. The van der Waals surface area contributed by atoms with Crippen LogP contribution in [-0.4, -0.2) is 28.4 Å². The summed E-state index contributed by atoms with van der Waals surface area (Å²) in [7, 11) is 0. The van der Waals surface area contributed by atoms with Gasteiger partial charge in [-0.05, 0) is 24.6 Å². The number of halogens is 1. The maximum absolute atomic E-state index is 6.02. The van der Waals surface area contributed by atoms with E-state index < -0.39 is 0 Å². The van der Waals surface area contributed by atoms with Crippen LogP contribution < -0.4 is 0 Å². The Bertz CT molecular complexity index is 263. The Kier molecular flexibility index (Phi) is 2.81. The van der Waals surface area contributed by atoms with E-state index in [9.17, 15) is 0 Å². The van der Waals surface area contributed by atoms with E-state index in [0.717, 1.165) is 26.1 Å². The molecule has 1 aliphatic rings. The van der Waals surface area contributed by atoms with Gasteiger partial charge in [-0.15, -0.1) is 11.6 Å². The van der Waals surface area contributed by atoms with E-state index >= 15 is 0 Å². The van der Waals surface area contributed by atoms with Gasteiger partial charge in [0.15, 0.2) is 0 Å². The molecule has 1 atom stereocenters. The van der Waals surface area contributed by atoms with Crippen LogP contribution in [0, 0.1) is 0 Å². The summed E-state index contributed by atoms with van der Waals surface area (Å²) in [6, 6.07) is 4.08. The van der Waals surface area contributed by atoms with E-state index in [1.54, 1.807) is 6.20 Å². The van der Waals surface area contributed by atoms with Crippen LogP contribution >= 0.6 is 11.6 Å². The van der Waals surface area contributed by atoms with Gasteiger partial charge in [-0.3, -0.25) is 9.88 Å². The normalized spacial score (nSPS) is 23.6. The van der Waals surface area contributed by atoms with Crippen LogP contribution in [-0.2, 0) is 6.54 Å². The zero-order chi connectivity index (χ0) is 9.10. The first-order valence-corrected chi connectivity index (χ1v) is 5.03. The second-order valence-electron chi connectivity index (χ2n) is 3.48. The fourth-order valence-electron chi connectivity index (χ4n) is 1.68. The Labute approximate surface area is 83.5 Å². The standard InChI is InChI=1S/C10H13ClN2/c11-10-3-5-13(8-10)7-9-2-1-4-12-6-9/h1-2,4,6,10H,3,5,7-8H2. The molecule has 0 N–H and O–H groups in total. The minimum Gasteiger partial charge on any atom is -0.298 e. The number of pyridine rings is 1. The van der Waals surface area contributed by atoms with Crippen LogP contribution in [0.4, 0.5) is 0 Å². The van der Waals surface area contributed by atoms with Gasteiger partial charge < -0.3 is 0 Å². The molecule has 0 radical (unpaired) electrons. The molecule has 13 heavy (non-hydrogen) atoms. The molecule has 0 saturated carbocycles. The highest BCUT2D eigenvalue weighted by molar-refractivity contribution is 6.20. The third-order valence-electron chi connectivity index (χ3n) is 2.34. The number of alkyl halides is 1. The van der Waals surface area contributed by atoms with Crippen LogP contribution in [0.15, 0.2) is 24.5 Å². The van der Waals surface area contributed by atoms with Gasteiger partial charge in [0.2, 0.25) is 0 Å². The minimum atomic E-state index is 0.344. The molecule has 1 fully saturated rings. The number of rotatable bonds is 2. The van der Waals surface area contributed by atoms with Gasteiger partial charge in [0.1, 0.15) is 0 Å². The highest BCUT2D eigenvalue weighted by Gasteiger charge is 2.19. The van der Waals surface area contributed by atoms with Crippen molar-refractivity contribution in [1.82, 2.24) is 9.88 Å². The van der Waals surface area contributed by atoms with Crippen molar-refractivity contribution in [3.8, 4) is 0 Å². The van der Waals surface area contributed by atoms with Gasteiger partial charge in [-0.2, -0.15) is 0 Å². The van der Waals surface area contributed by atoms with Crippen molar-refractivity contribution in [2.75, 3.05) is 13.1 Å². The zero-order valence-electron chi connectivity index (χ0n) is 7.49. The molecule has 0 aliphatic carbocycles. The molecule has 70 valence electrons. The van der Waals surface area contributed by atoms with E-state index in [-0.39, 0.29) is 0 Å². The Morgan fingerprint density at radius 3 is 3.15 bits per heavy atom. The molecule has 3 heteroatoms. The average Bonchev–Trinajstić information content (AvgIpc) is 2.53. The Balaban J connectivity index is 1.92. The van der Waals surface area contributed by atoms with Gasteiger partial charge in [0.05, 0.1) is 0 Å². The third-order valence-corrected chi connectivity index (χ3v) is 2.70. The smallest absolute Gasteiger partial charge is 0.0475 e. The van der Waals surface area contributed by atoms with Crippen molar-refractivity contribution in [1.29, 1.82) is 0 Å². The number of nitrogens with zero attached hydrogens (tertiary/aromatic N) is 2. The van der Waals surface area contributed by atoms with Crippen molar-refractivity contribution in [2.45, 2.75) is 18.3 Å². The minimum absolute atomic E-state index is 0.344. The molecular weight excluding hydrogens is 184 g/mol. The largest absolute Gasteiger partial charge is 0.298 e. The molecule has 2 rings (SSSR count). The SMILES string of the molecule is ClC1CCN(Cc2cccnc2)C1. The first-order valence-electron chi connectivity index (χ1n) is 4.60. The second kappa shape index (κ2) is 4.07. The van der Waals surface area contributed by atoms with Crippen LogP contribution in [0.2, 0.25) is 0 Å². The van der Waals surface area contributed by atoms with Crippen molar-refractivity contribution in [3.63, 3.8) is 0 Å². The van der Waals surface area contributed by atoms with Crippen LogP contribution in [0.3, 0.4) is 0 Å². The lowest BCUT2D eigenvalue weighted by Crippen LogP contribution is -2.20. The molecule has 1 aromatic rings. The molecule has 1 aromatic heterocycles. The molecule has 0 spiro atoms. The average molecular weight is 197 g/mol.